The Morgan fingerprint density at radius 3 is 2.57 bits per heavy atom. The van der Waals surface area contributed by atoms with Crippen molar-refractivity contribution in [3.8, 4) is 0 Å². The molecular formula is C17H22N4O6S. The molecule has 2 heterocycles. The molecular weight excluding hydrogens is 388 g/mol. The van der Waals surface area contributed by atoms with Crippen LogP contribution < -0.4 is 5.32 Å². The minimum atomic E-state index is -1.42. The minimum Gasteiger partial charge on any atom is -0.394 e. The third-order valence-corrected chi connectivity index (χ3v) is 5.48. The lowest BCUT2D eigenvalue weighted by Crippen LogP contribution is -2.57. The zero-order valence-electron chi connectivity index (χ0n) is 14.8. The maximum atomic E-state index is 12.2. The molecule has 0 bridgehead atoms. The molecule has 5 N–H and O–H groups in total. The highest BCUT2D eigenvalue weighted by Gasteiger charge is 2.43. The average Bonchev–Trinajstić information content (AvgIpc) is 3.22. The van der Waals surface area contributed by atoms with Crippen molar-refractivity contribution < 1.29 is 30.0 Å². The number of nitrogens with one attached hydrogen (secondary N) is 1. The largest absolute Gasteiger partial charge is 0.394 e. The standard InChI is InChI=1S/C17H22N4O6S/c22-9-12-13(23)14(24)15(25)17(27-12)28-11-3-1-10(2-4-11)16(26)18-5-7-21-8-6-19-20-21/h1-4,6,8,12-15,17,22-25H,5,7,9H2,(H,18,26)/t12-,13+,14+,15-,17+/m1/s1. The van der Waals surface area contributed by atoms with Gasteiger partial charge in [0.15, 0.2) is 0 Å². The second-order valence-corrected chi connectivity index (χ2v) is 7.43. The maximum Gasteiger partial charge on any atom is 0.251 e. The molecule has 0 saturated carbocycles. The van der Waals surface area contributed by atoms with Gasteiger partial charge >= 0.3 is 0 Å². The lowest BCUT2D eigenvalue weighted by molar-refractivity contribution is -0.205. The first-order valence-electron chi connectivity index (χ1n) is 8.69. The summed E-state index contributed by atoms with van der Waals surface area (Å²) in [6, 6.07) is 6.66. The van der Waals surface area contributed by atoms with Gasteiger partial charge in [-0.25, -0.2) is 0 Å². The van der Waals surface area contributed by atoms with Crippen LogP contribution in [0.5, 0.6) is 0 Å². The van der Waals surface area contributed by atoms with Crippen molar-refractivity contribution in [3.63, 3.8) is 0 Å². The molecule has 2 aromatic rings. The van der Waals surface area contributed by atoms with Gasteiger partial charge in [-0.3, -0.25) is 9.48 Å². The van der Waals surface area contributed by atoms with Gasteiger partial charge in [0.2, 0.25) is 0 Å². The van der Waals surface area contributed by atoms with Crippen LogP contribution in [-0.2, 0) is 11.3 Å². The molecule has 11 heteroatoms. The summed E-state index contributed by atoms with van der Waals surface area (Å²) in [5.74, 6) is -0.232. The van der Waals surface area contributed by atoms with E-state index in [1.54, 1.807) is 41.3 Å². The summed E-state index contributed by atoms with van der Waals surface area (Å²) in [6.07, 6.45) is -1.81. The van der Waals surface area contributed by atoms with E-state index in [4.69, 9.17) is 4.74 Å². The van der Waals surface area contributed by atoms with Crippen LogP contribution in [0.4, 0.5) is 0 Å². The predicted molar refractivity (Wildman–Crippen MR) is 98.4 cm³/mol. The Hall–Kier alpha value is -2.02. The molecule has 1 aromatic carbocycles. The normalized spacial score (nSPS) is 27.5. The first kappa shape index (κ1) is 20.7. The second-order valence-electron chi connectivity index (χ2n) is 6.26. The van der Waals surface area contributed by atoms with Crippen LogP contribution in [0, 0.1) is 0 Å². The van der Waals surface area contributed by atoms with Crippen molar-refractivity contribution in [3.05, 3.63) is 42.2 Å². The van der Waals surface area contributed by atoms with Crippen molar-refractivity contribution in [2.45, 2.75) is 41.3 Å². The van der Waals surface area contributed by atoms with E-state index < -0.39 is 36.5 Å². The third kappa shape index (κ3) is 4.87. The van der Waals surface area contributed by atoms with Crippen LogP contribution in [-0.4, -0.2) is 84.3 Å². The van der Waals surface area contributed by atoms with E-state index in [0.717, 1.165) is 11.8 Å². The molecule has 1 aromatic heterocycles. The maximum absolute atomic E-state index is 12.2. The van der Waals surface area contributed by atoms with Crippen molar-refractivity contribution >= 4 is 17.7 Å². The van der Waals surface area contributed by atoms with Crippen LogP contribution >= 0.6 is 11.8 Å². The number of benzene rings is 1. The molecule has 10 nitrogen and oxygen atoms in total. The number of aromatic nitrogens is 3. The number of hydrogen-bond donors (Lipinski definition) is 5. The number of carbonyl (C=O) groups excluding carboxylic acids is 1. The van der Waals surface area contributed by atoms with Gasteiger partial charge in [-0.2, -0.15) is 0 Å². The number of carbonyl (C=O) groups is 1. The van der Waals surface area contributed by atoms with Crippen molar-refractivity contribution in [1.82, 2.24) is 20.3 Å². The summed E-state index contributed by atoms with van der Waals surface area (Å²) in [7, 11) is 0. The number of rotatable bonds is 7. The molecule has 0 aliphatic carbocycles. The fourth-order valence-electron chi connectivity index (χ4n) is 2.72. The molecule has 0 unspecified atom stereocenters. The molecule has 1 fully saturated rings. The highest BCUT2D eigenvalue weighted by Crippen LogP contribution is 2.33. The molecule has 0 radical (unpaired) electrons. The zero-order chi connectivity index (χ0) is 20.1. The fraction of sp³-hybridized carbons (Fsp3) is 0.471. The first-order chi connectivity index (χ1) is 13.5. The number of thioether (sulfide) groups is 1. The van der Waals surface area contributed by atoms with Gasteiger partial charge in [0.05, 0.1) is 19.3 Å². The van der Waals surface area contributed by atoms with Crippen LogP contribution in [0.3, 0.4) is 0 Å². The average molecular weight is 410 g/mol. The SMILES string of the molecule is O=C(NCCn1ccnn1)c1ccc(S[C@@H]2O[C@H](CO)[C@H](O)[C@H](O)[C@H]2O)cc1. The van der Waals surface area contributed by atoms with Gasteiger partial charge in [-0.15, -0.1) is 5.10 Å². The molecule has 1 aliphatic heterocycles. The van der Waals surface area contributed by atoms with E-state index in [9.17, 15) is 25.2 Å². The van der Waals surface area contributed by atoms with Gasteiger partial charge in [0.25, 0.3) is 5.91 Å². The van der Waals surface area contributed by atoms with Crippen molar-refractivity contribution in [2.24, 2.45) is 0 Å². The van der Waals surface area contributed by atoms with Crippen LogP contribution in [0.2, 0.25) is 0 Å². The van der Waals surface area contributed by atoms with E-state index in [2.05, 4.69) is 15.6 Å². The summed E-state index contributed by atoms with van der Waals surface area (Å²) >= 11 is 1.13. The van der Waals surface area contributed by atoms with Gasteiger partial charge in [0, 0.05) is 23.2 Å². The molecule has 5 atom stereocenters. The summed E-state index contributed by atoms with van der Waals surface area (Å²) in [5.41, 5.74) is -0.394. The monoisotopic (exact) mass is 410 g/mol. The Balaban J connectivity index is 1.54. The van der Waals surface area contributed by atoms with E-state index in [-0.39, 0.29) is 5.91 Å². The zero-order valence-corrected chi connectivity index (χ0v) is 15.6. The molecule has 0 spiro atoms. The fourth-order valence-corrected chi connectivity index (χ4v) is 3.78. The number of ether oxygens (including phenoxy) is 1. The molecule has 3 rings (SSSR count). The Morgan fingerprint density at radius 2 is 1.93 bits per heavy atom. The Bertz CT molecular complexity index is 758. The van der Waals surface area contributed by atoms with Gasteiger partial charge < -0.3 is 30.5 Å². The van der Waals surface area contributed by atoms with Crippen LogP contribution in [0.15, 0.2) is 41.6 Å². The Morgan fingerprint density at radius 1 is 1.18 bits per heavy atom. The van der Waals surface area contributed by atoms with E-state index in [1.807, 2.05) is 0 Å². The van der Waals surface area contributed by atoms with E-state index in [0.29, 0.717) is 23.5 Å². The smallest absolute Gasteiger partial charge is 0.251 e. The number of aliphatic hydroxyl groups excluding tert-OH is 4. The van der Waals surface area contributed by atoms with Crippen LogP contribution in [0.1, 0.15) is 10.4 Å². The quantitative estimate of drug-likeness (QED) is 0.371. The van der Waals surface area contributed by atoms with Gasteiger partial charge in [0.1, 0.15) is 29.9 Å². The lowest BCUT2D eigenvalue weighted by atomic mass is 10.0. The van der Waals surface area contributed by atoms with Crippen LogP contribution in [0.25, 0.3) is 0 Å². The van der Waals surface area contributed by atoms with E-state index >= 15 is 0 Å². The van der Waals surface area contributed by atoms with E-state index in [1.165, 1.54) is 0 Å². The van der Waals surface area contributed by atoms with Crippen molar-refractivity contribution in [2.75, 3.05) is 13.2 Å². The predicted octanol–water partition coefficient (Wildman–Crippen LogP) is -1.40. The molecule has 28 heavy (non-hydrogen) atoms. The lowest BCUT2D eigenvalue weighted by Gasteiger charge is -2.39. The molecule has 1 saturated heterocycles. The summed E-state index contributed by atoms with van der Waals surface area (Å²) < 4.78 is 7.07. The van der Waals surface area contributed by atoms with Gasteiger partial charge in [-0.05, 0) is 24.3 Å². The number of aliphatic hydroxyl groups is 4. The Labute approximate surface area is 165 Å². The van der Waals surface area contributed by atoms with Crippen molar-refractivity contribution in [1.29, 1.82) is 0 Å². The second kappa shape index (κ2) is 9.45. The minimum absolute atomic E-state index is 0.232. The topological polar surface area (TPSA) is 150 Å². The molecule has 152 valence electrons. The number of amides is 1. The summed E-state index contributed by atoms with van der Waals surface area (Å²) in [4.78, 5) is 12.9. The Kier molecular flexibility index (Phi) is 6.99. The summed E-state index contributed by atoms with van der Waals surface area (Å²) in [5, 5.41) is 49.3. The molecule has 1 amide bonds. The molecule has 1 aliphatic rings. The number of nitrogens with zero attached hydrogens (tertiary/aromatic N) is 3. The number of hydrogen-bond acceptors (Lipinski definition) is 9. The highest BCUT2D eigenvalue weighted by atomic mass is 32.2. The van der Waals surface area contributed by atoms with Gasteiger partial charge in [-0.1, -0.05) is 17.0 Å². The summed E-state index contributed by atoms with van der Waals surface area (Å²) in [6.45, 7) is 0.441. The third-order valence-electron chi connectivity index (χ3n) is 4.32. The highest BCUT2D eigenvalue weighted by molar-refractivity contribution is 7.99. The first-order valence-corrected chi connectivity index (χ1v) is 9.57.